The highest BCUT2D eigenvalue weighted by atomic mass is 16.5. The molecule has 6 nitrogen and oxygen atoms in total. The quantitative estimate of drug-likeness (QED) is 0.279. The molecule has 43 heavy (non-hydrogen) atoms. The number of rotatable bonds is 10. The van der Waals surface area contributed by atoms with Crippen LogP contribution >= 0.6 is 0 Å². The summed E-state index contributed by atoms with van der Waals surface area (Å²) in [5.74, 6) is 1.37. The van der Waals surface area contributed by atoms with E-state index in [2.05, 4.69) is 53.1 Å². The maximum atomic E-state index is 14.3. The van der Waals surface area contributed by atoms with Crippen LogP contribution < -0.4 is 4.74 Å². The molecule has 0 spiro atoms. The molecule has 6 heteroatoms. The Morgan fingerprint density at radius 2 is 1.56 bits per heavy atom. The number of benzene rings is 3. The number of methoxy groups -OCH3 is 1. The van der Waals surface area contributed by atoms with Crippen molar-refractivity contribution < 1.29 is 14.3 Å². The van der Waals surface area contributed by atoms with Crippen LogP contribution in [0.4, 0.5) is 0 Å². The summed E-state index contributed by atoms with van der Waals surface area (Å²) in [6.45, 7) is 6.41. The highest BCUT2D eigenvalue weighted by Crippen LogP contribution is 2.39. The van der Waals surface area contributed by atoms with Crippen LogP contribution in [0, 0.1) is 0 Å². The minimum atomic E-state index is -0.457. The molecule has 2 aliphatic rings. The van der Waals surface area contributed by atoms with Gasteiger partial charge in [-0.3, -0.25) is 9.59 Å². The van der Waals surface area contributed by atoms with Crippen molar-refractivity contribution in [1.29, 1.82) is 0 Å². The van der Waals surface area contributed by atoms with E-state index in [9.17, 15) is 9.59 Å². The number of carbonyl (C=O) groups excluding carboxylic acids is 2. The number of likely N-dealkylation sites (N-methyl/N-ethyl adjacent to an activating group) is 1. The summed E-state index contributed by atoms with van der Waals surface area (Å²) < 4.78 is 5.40. The Labute approximate surface area is 257 Å². The van der Waals surface area contributed by atoms with Crippen molar-refractivity contribution in [2.24, 2.45) is 0 Å². The number of hydrogen-bond acceptors (Lipinski definition) is 4. The van der Waals surface area contributed by atoms with Gasteiger partial charge in [0.05, 0.1) is 12.5 Å². The molecule has 5 rings (SSSR count). The maximum absolute atomic E-state index is 14.3. The molecule has 0 radical (unpaired) electrons. The molecule has 0 bridgehead atoms. The van der Waals surface area contributed by atoms with E-state index in [1.807, 2.05) is 60.5 Å². The van der Waals surface area contributed by atoms with Gasteiger partial charge in [-0.2, -0.15) is 0 Å². The molecular formula is C37H47N3O3. The number of amides is 2. The Hall–Kier alpha value is -3.64. The first kappa shape index (κ1) is 30.8. The van der Waals surface area contributed by atoms with Gasteiger partial charge in [-0.15, -0.1) is 0 Å². The molecule has 2 saturated heterocycles. The molecule has 228 valence electrons. The first-order valence-corrected chi connectivity index (χ1v) is 15.9. The zero-order valence-corrected chi connectivity index (χ0v) is 26.1. The number of nitrogens with zero attached hydrogens (tertiary/aromatic N) is 3. The first-order chi connectivity index (χ1) is 20.9. The van der Waals surface area contributed by atoms with E-state index in [1.54, 1.807) is 7.11 Å². The standard InChI is InChI=1S/C37H47N3O3/c1-29-12-10-11-24-40(29)36(42)37(33-15-8-5-9-16-33)22-26-39(27-23-37)25-21-32(30-17-19-34(43-3)20-18-30)28-38(2)35(41)31-13-6-4-7-14-31/h4-9,13-20,29,32H,10-12,21-28H2,1-3H3. The van der Waals surface area contributed by atoms with Crippen LogP contribution in [0.3, 0.4) is 0 Å². The Kier molecular flexibility index (Phi) is 10.2. The van der Waals surface area contributed by atoms with Gasteiger partial charge in [0.15, 0.2) is 0 Å². The summed E-state index contributed by atoms with van der Waals surface area (Å²) >= 11 is 0. The number of hydrogen-bond donors (Lipinski definition) is 0. The van der Waals surface area contributed by atoms with Gasteiger partial charge in [0.25, 0.3) is 5.91 Å². The lowest BCUT2D eigenvalue weighted by molar-refractivity contribution is -0.143. The molecule has 2 unspecified atom stereocenters. The van der Waals surface area contributed by atoms with E-state index in [0.29, 0.717) is 24.1 Å². The van der Waals surface area contributed by atoms with Crippen LogP contribution in [0.15, 0.2) is 84.9 Å². The second-order valence-electron chi connectivity index (χ2n) is 12.4. The van der Waals surface area contributed by atoms with Crippen molar-refractivity contribution in [3.05, 3.63) is 102 Å². The fraction of sp³-hybridized carbons (Fsp3) is 0.459. The van der Waals surface area contributed by atoms with Crippen LogP contribution in [-0.2, 0) is 10.2 Å². The van der Waals surface area contributed by atoms with Gasteiger partial charge in [-0.25, -0.2) is 0 Å². The molecule has 0 saturated carbocycles. The Morgan fingerprint density at radius 3 is 2.19 bits per heavy atom. The molecule has 3 aromatic carbocycles. The molecule has 0 aromatic heterocycles. The average Bonchev–Trinajstić information content (AvgIpc) is 3.07. The normalized spacial score (nSPS) is 19.4. The van der Waals surface area contributed by atoms with Crippen molar-refractivity contribution in [2.75, 3.05) is 46.9 Å². The fourth-order valence-corrected chi connectivity index (χ4v) is 7.01. The predicted octanol–water partition coefficient (Wildman–Crippen LogP) is 6.38. The van der Waals surface area contributed by atoms with Crippen LogP contribution in [-0.4, -0.2) is 79.4 Å². The number of carbonyl (C=O) groups is 2. The van der Waals surface area contributed by atoms with Gasteiger partial charge in [-0.1, -0.05) is 60.7 Å². The SMILES string of the molecule is COc1ccc(C(CCN2CCC(C(=O)N3CCCCC3C)(c3ccccc3)CC2)CN(C)C(=O)c2ccccc2)cc1. The Morgan fingerprint density at radius 1 is 0.907 bits per heavy atom. The van der Waals surface area contributed by atoms with Gasteiger partial charge < -0.3 is 19.4 Å². The van der Waals surface area contributed by atoms with Crippen LogP contribution in [0.1, 0.15) is 72.9 Å². The lowest BCUT2D eigenvalue weighted by Crippen LogP contribution is -2.56. The molecule has 2 aliphatic heterocycles. The zero-order chi connectivity index (χ0) is 30.2. The van der Waals surface area contributed by atoms with Gasteiger partial charge in [-0.05, 0) is 100 Å². The maximum Gasteiger partial charge on any atom is 0.253 e. The van der Waals surface area contributed by atoms with Gasteiger partial charge in [0.1, 0.15) is 5.75 Å². The third kappa shape index (κ3) is 7.13. The van der Waals surface area contributed by atoms with E-state index in [4.69, 9.17) is 4.74 Å². The molecule has 2 fully saturated rings. The van der Waals surface area contributed by atoms with Crippen molar-refractivity contribution in [2.45, 2.75) is 62.8 Å². The minimum Gasteiger partial charge on any atom is -0.497 e. The highest BCUT2D eigenvalue weighted by molar-refractivity contribution is 5.94. The summed E-state index contributed by atoms with van der Waals surface area (Å²) in [6.07, 6.45) is 5.99. The Bertz CT molecular complexity index is 1320. The third-order valence-corrected chi connectivity index (χ3v) is 9.75. The van der Waals surface area contributed by atoms with Crippen molar-refractivity contribution >= 4 is 11.8 Å². The van der Waals surface area contributed by atoms with Crippen molar-refractivity contribution in [3.8, 4) is 5.75 Å². The fourth-order valence-electron chi connectivity index (χ4n) is 7.01. The molecule has 2 amide bonds. The molecule has 2 heterocycles. The van der Waals surface area contributed by atoms with Crippen LogP contribution in [0.5, 0.6) is 5.75 Å². The molecule has 0 aliphatic carbocycles. The number of likely N-dealkylation sites (tertiary alicyclic amines) is 2. The zero-order valence-electron chi connectivity index (χ0n) is 26.1. The summed E-state index contributed by atoms with van der Waals surface area (Å²) in [4.78, 5) is 34.0. The summed E-state index contributed by atoms with van der Waals surface area (Å²) in [6, 6.07) is 28.6. The monoisotopic (exact) mass is 581 g/mol. The topological polar surface area (TPSA) is 53.1 Å². The van der Waals surface area contributed by atoms with Crippen LogP contribution in [0.25, 0.3) is 0 Å². The summed E-state index contributed by atoms with van der Waals surface area (Å²) in [7, 11) is 3.58. The van der Waals surface area contributed by atoms with E-state index >= 15 is 0 Å². The highest BCUT2D eigenvalue weighted by Gasteiger charge is 2.46. The van der Waals surface area contributed by atoms with E-state index in [-0.39, 0.29) is 11.8 Å². The van der Waals surface area contributed by atoms with Crippen LogP contribution in [0.2, 0.25) is 0 Å². The van der Waals surface area contributed by atoms with Gasteiger partial charge in [0.2, 0.25) is 5.91 Å². The first-order valence-electron chi connectivity index (χ1n) is 15.9. The molecular weight excluding hydrogens is 534 g/mol. The second-order valence-corrected chi connectivity index (χ2v) is 12.4. The summed E-state index contributed by atoms with van der Waals surface area (Å²) in [5, 5.41) is 0. The van der Waals surface area contributed by atoms with E-state index in [1.165, 1.54) is 12.0 Å². The molecule has 3 aromatic rings. The third-order valence-electron chi connectivity index (χ3n) is 9.75. The molecule has 2 atom stereocenters. The number of piperidine rings is 2. The smallest absolute Gasteiger partial charge is 0.253 e. The predicted molar refractivity (Wildman–Crippen MR) is 173 cm³/mol. The lowest BCUT2D eigenvalue weighted by atomic mass is 9.71. The Balaban J connectivity index is 1.28. The van der Waals surface area contributed by atoms with E-state index < -0.39 is 5.41 Å². The van der Waals surface area contributed by atoms with Crippen molar-refractivity contribution in [1.82, 2.24) is 14.7 Å². The number of ether oxygens (including phenoxy) is 1. The second kappa shape index (κ2) is 14.2. The minimum absolute atomic E-state index is 0.0372. The summed E-state index contributed by atoms with van der Waals surface area (Å²) in [5.41, 5.74) is 2.62. The van der Waals surface area contributed by atoms with Gasteiger partial charge >= 0.3 is 0 Å². The molecule has 0 N–H and O–H groups in total. The van der Waals surface area contributed by atoms with E-state index in [0.717, 1.165) is 69.6 Å². The van der Waals surface area contributed by atoms with Gasteiger partial charge in [0, 0.05) is 37.7 Å². The average molecular weight is 582 g/mol. The lowest BCUT2D eigenvalue weighted by Gasteiger charge is -2.46. The largest absolute Gasteiger partial charge is 0.497 e. The van der Waals surface area contributed by atoms with Crippen molar-refractivity contribution in [3.63, 3.8) is 0 Å².